The van der Waals surface area contributed by atoms with Crippen molar-refractivity contribution in [1.82, 2.24) is 9.66 Å². The molecule has 0 aliphatic rings. The summed E-state index contributed by atoms with van der Waals surface area (Å²) in [6, 6.07) is 17.9. The molecule has 0 aliphatic heterocycles. The first-order valence-electron chi connectivity index (χ1n) is 11.3. The zero-order valence-corrected chi connectivity index (χ0v) is 23.2. The number of carbonyl (C=O) groups is 1. The number of aromatic nitrogens is 2. The largest absolute Gasteiger partial charge is 0.493 e. The molecule has 0 unspecified atom stereocenters. The smallest absolute Gasteiger partial charge is 0.344 e. The van der Waals surface area contributed by atoms with Crippen LogP contribution in [0.5, 0.6) is 11.5 Å². The van der Waals surface area contributed by atoms with Crippen LogP contribution >= 0.6 is 31.9 Å². The number of fused-ring (bicyclic) bond motifs is 2. The molecule has 0 fully saturated rings. The Balaban J connectivity index is 1.66. The minimum atomic E-state index is -1.12. The van der Waals surface area contributed by atoms with Crippen LogP contribution in [0.15, 0.2) is 83.9 Å². The molecule has 1 N–H and O–H groups in total. The van der Waals surface area contributed by atoms with Crippen molar-refractivity contribution >= 4 is 65.9 Å². The fourth-order valence-electron chi connectivity index (χ4n) is 3.79. The van der Waals surface area contributed by atoms with Crippen molar-refractivity contribution in [2.75, 3.05) is 7.11 Å². The lowest BCUT2D eigenvalue weighted by atomic mass is 10.2. The predicted molar refractivity (Wildman–Crippen MR) is 150 cm³/mol. The molecular formula is C27H19Br2N3O6. The van der Waals surface area contributed by atoms with Crippen LogP contribution in [-0.2, 0) is 4.79 Å². The topological polar surface area (TPSA) is 116 Å². The number of hydrogen-bond acceptors (Lipinski definition) is 7. The maximum Gasteiger partial charge on any atom is 0.344 e. The van der Waals surface area contributed by atoms with E-state index in [4.69, 9.17) is 13.9 Å². The van der Waals surface area contributed by atoms with Crippen molar-refractivity contribution < 1.29 is 23.8 Å². The summed E-state index contributed by atoms with van der Waals surface area (Å²) in [6.07, 6.45) is 0.353. The monoisotopic (exact) mass is 639 g/mol. The lowest BCUT2D eigenvalue weighted by Gasteiger charge is -2.17. The molecule has 9 nitrogen and oxygen atoms in total. The van der Waals surface area contributed by atoms with Gasteiger partial charge in [-0.3, -0.25) is 4.79 Å². The highest BCUT2D eigenvalue weighted by Crippen LogP contribution is 2.43. The Labute approximate surface area is 232 Å². The molecule has 0 saturated carbocycles. The third-order valence-corrected chi connectivity index (χ3v) is 7.87. The lowest BCUT2D eigenvalue weighted by Crippen LogP contribution is -2.23. The number of para-hydroxylation sites is 2. The number of hydrogen-bond donors (Lipinski definition) is 1. The van der Waals surface area contributed by atoms with Gasteiger partial charge in [0.15, 0.2) is 23.4 Å². The van der Waals surface area contributed by atoms with Gasteiger partial charge >= 0.3 is 5.97 Å². The van der Waals surface area contributed by atoms with Crippen LogP contribution in [-0.4, -0.2) is 40.2 Å². The summed E-state index contributed by atoms with van der Waals surface area (Å²) in [6.45, 7) is 1.41. The molecule has 1 atom stereocenters. The van der Waals surface area contributed by atoms with Crippen molar-refractivity contribution in [1.29, 1.82) is 0 Å². The highest BCUT2D eigenvalue weighted by molar-refractivity contribution is 9.13. The van der Waals surface area contributed by atoms with Crippen LogP contribution in [0.25, 0.3) is 33.5 Å². The van der Waals surface area contributed by atoms with Gasteiger partial charge in [-0.05, 0) is 69.1 Å². The van der Waals surface area contributed by atoms with E-state index in [1.54, 1.807) is 30.3 Å². The third kappa shape index (κ3) is 4.70. The minimum Gasteiger partial charge on any atom is -0.493 e. The van der Waals surface area contributed by atoms with Crippen molar-refractivity contribution in [2.24, 2.45) is 5.10 Å². The second-order valence-electron chi connectivity index (χ2n) is 8.19. The number of aliphatic carboxylic acids is 1. The molecule has 3 aromatic carbocycles. The highest BCUT2D eigenvalue weighted by Gasteiger charge is 2.22. The van der Waals surface area contributed by atoms with E-state index in [-0.39, 0.29) is 22.9 Å². The minimum absolute atomic E-state index is 0.207. The number of rotatable bonds is 7. The van der Waals surface area contributed by atoms with Crippen LogP contribution in [0.3, 0.4) is 0 Å². The maximum atomic E-state index is 13.5. The van der Waals surface area contributed by atoms with Gasteiger partial charge in [-0.2, -0.15) is 9.78 Å². The first-order valence-corrected chi connectivity index (χ1v) is 12.9. The molecule has 5 aromatic rings. The van der Waals surface area contributed by atoms with Crippen LogP contribution in [0.2, 0.25) is 0 Å². The van der Waals surface area contributed by atoms with Gasteiger partial charge in [0.2, 0.25) is 5.82 Å². The van der Waals surface area contributed by atoms with Crippen LogP contribution in [0, 0.1) is 0 Å². The first kappa shape index (κ1) is 25.7. The summed E-state index contributed by atoms with van der Waals surface area (Å²) in [4.78, 5) is 29.5. The lowest BCUT2D eigenvalue weighted by molar-refractivity contribution is -0.144. The van der Waals surface area contributed by atoms with E-state index in [1.165, 1.54) is 24.9 Å². The number of methoxy groups -OCH3 is 1. The van der Waals surface area contributed by atoms with E-state index < -0.39 is 12.1 Å². The number of ether oxygens (including phenoxy) is 2. The van der Waals surface area contributed by atoms with Gasteiger partial charge in [0.05, 0.1) is 28.7 Å². The Morgan fingerprint density at radius 2 is 1.87 bits per heavy atom. The zero-order valence-electron chi connectivity index (χ0n) is 20.0. The highest BCUT2D eigenvalue weighted by atomic mass is 79.9. The third-order valence-electron chi connectivity index (χ3n) is 5.73. The predicted octanol–water partition coefficient (Wildman–Crippen LogP) is 6.08. The molecule has 5 rings (SSSR count). The Hall–Kier alpha value is -3.96. The molecule has 0 spiro atoms. The Kier molecular flexibility index (Phi) is 7.04. The maximum absolute atomic E-state index is 13.5. The first-order chi connectivity index (χ1) is 18.3. The summed E-state index contributed by atoms with van der Waals surface area (Å²) in [7, 11) is 1.44. The van der Waals surface area contributed by atoms with E-state index in [1.807, 2.05) is 30.3 Å². The molecule has 2 heterocycles. The zero-order chi connectivity index (χ0) is 27.0. The van der Waals surface area contributed by atoms with E-state index in [0.29, 0.717) is 36.8 Å². The average molecular weight is 641 g/mol. The molecule has 2 aromatic heterocycles. The summed E-state index contributed by atoms with van der Waals surface area (Å²) in [5.41, 5.74) is 1.32. The van der Waals surface area contributed by atoms with Crippen LogP contribution in [0.1, 0.15) is 12.5 Å². The van der Waals surface area contributed by atoms with E-state index >= 15 is 0 Å². The fraction of sp³-hybridized carbons (Fsp3) is 0.111. The van der Waals surface area contributed by atoms with Crippen molar-refractivity contribution in [2.45, 2.75) is 13.0 Å². The fourth-order valence-corrected chi connectivity index (χ4v) is 4.70. The molecule has 0 saturated heterocycles. The molecule has 0 bridgehead atoms. The van der Waals surface area contributed by atoms with Gasteiger partial charge < -0.3 is 19.0 Å². The molecule has 0 amide bonds. The Morgan fingerprint density at radius 1 is 1.13 bits per heavy atom. The molecule has 0 radical (unpaired) electrons. The quantitative estimate of drug-likeness (QED) is 0.214. The van der Waals surface area contributed by atoms with Gasteiger partial charge in [0.25, 0.3) is 5.56 Å². The molecule has 11 heteroatoms. The summed E-state index contributed by atoms with van der Waals surface area (Å²) < 4.78 is 19.1. The number of carboxylic acids is 1. The normalized spacial score (nSPS) is 12.3. The SMILES string of the molecule is COc1cc(C=Nn2c(-c3cc4ccccc4o3)nc3ccccc3c2=O)c(Br)c(Br)c1O[C@@H](C)C(=O)O. The standard InChI is InChI=1S/C27H19Br2N3O6/c1-14(27(34)35)37-24-20(36-2)12-16(22(28)23(24)29)13-30-32-25(21-11-15-7-3-6-10-19(15)38-21)31-18-9-5-4-8-17(18)26(32)33/h3-14H,1-2H3,(H,34,35)/t14-/m0/s1. The molecular weight excluding hydrogens is 622 g/mol. The second kappa shape index (κ2) is 10.4. The molecule has 38 heavy (non-hydrogen) atoms. The van der Waals surface area contributed by atoms with Crippen molar-refractivity contribution in [3.8, 4) is 23.1 Å². The second-order valence-corrected chi connectivity index (χ2v) is 9.77. The van der Waals surface area contributed by atoms with Gasteiger partial charge in [-0.25, -0.2) is 9.78 Å². The van der Waals surface area contributed by atoms with Crippen molar-refractivity contribution in [3.63, 3.8) is 0 Å². The van der Waals surface area contributed by atoms with Crippen molar-refractivity contribution in [3.05, 3.63) is 85.5 Å². The van der Waals surface area contributed by atoms with Gasteiger partial charge in [-0.1, -0.05) is 30.3 Å². The van der Waals surface area contributed by atoms with Gasteiger partial charge in [0, 0.05) is 15.4 Å². The van der Waals surface area contributed by atoms with Gasteiger partial charge in [-0.15, -0.1) is 0 Å². The summed E-state index contributed by atoms with van der Waals surface area (Å²) in [5.74, 6) is -0.0222. The van der Waals surface area contributed by atoms with E-state index in [9.17, 15) is 14.7 Å². The van der Waals surface area contributed by atoms with Crippen LogP contribution < -0.4 is 15.0 Å². The number of halogens is 2. The number of furan rings is 1. The Bertz CT molecular complexity index is 1760. The molecule has 0 aliphatic carbocycles. The number of carboxylic acid groups (broad SMARTS) is 1. The van der Waals surface area contributed by atoms with Gasteiger partial charge in [0.1, 0.15) is 5.58 Å². The van der Waals surface area contributed by atoms with E-state index in [0.717, 1.165) is 5.39 Å². The summed E-state index contributed by atoms with van der Waals surface area (Å²) >= 11 is 6.94. The number of benzene rings is 3. The number of nitrogens with zero attached hydrogens (tertiary/aromatic N) is 3. The van der Waals surface area contributed by atoms with E-state index in [2.05, 4.69) is 41.9 Å². The average Bonchev–Trinajstić information content (AvgIpc) is 3.35. The molecule has 192 valence electrons. The summed E-state index contributed by atoms with van der Waals surface area (Å²) in [5, 5.41) is 15.0. The Morgan fingerprint density at radius 3 is 2.61 bits per heavy atom. The van der Waals surface area contributed by atoms with Crippen LogP contribution in [0.4, 0.5) is 0 Å².